The summed E-state index contributed by atoms with van der Waals surface area (Å²) in [5.41, 5.74) is 5.31. The van der Waals surface area contributed by atoms with Crippen molar-refractivity contribution < 1.29 is 13.6 Å². The highest BCUT2D eigenvalue weighted by Crippen LogP contribution is 2.28. The van der Waals surface area contributed by atoms with Crippen molar-refractivity contribution in [1.29, 1.82) is 0 Å². The first kappa shape index (κ1) is 17.9. The zero-order valence-electron chi connectivity index (χ0n) is 13.9. The van der Waals surface area contributed by atoms with E-state index < -0.39 is 24.9 Å². The molecule has 3 heterocycles. The van der Waals surface area contributed by atoms with Gasteiger partial charge < -0.3 is 11.1 Å². The van der Waals surface area contributed by atoms with Crippen LogP contribution in [-0.4, -0.2) is 34.5 Å². The third kappa shape index (κ3) is 3.43. The van der Waals surface area contributed by atoms with Gasteiger partial charge in [0.15, 0.2) is 0 Å². The summed E-state index contributed by atoms with van der Waals surface area (Å²) in [6.07, 6.45) is 3.68. The van der Waals surface area contributed by atoms with Gasteiger partial charge in [-0.3, -0.25) is 14.2 Å². The summed E-state index contributed by atoms with van der Waals surface area (Å²) in [6.45, 7) is 0.603. The number of alkyl halides is 2. The average Bonchev–Trinajstić information content (AvgIpc) is 2.76. The Hall–Kier alpha value is -1.87. The van der Waals surface area contributed by atoms with Gasteiger partial charge in [-0.05, 0) is 25.3 Å². The van der Waals surface area contributed by atoms with Crippen LogP contribution in [0.5, 0.6) is 0 Å². The topological polar surface area (TPSA) is 90.0 Å². The lowest BCUT2D eigenvalue weighted by molar-refractivity contribution is 0.0119. The smallest absolute Gasteiger partial charge is 0.277 e. The molecule has 0 unspecified atom stereocenters. The molecule has 1 aliphatic rings. The molecular weight excluding hydrogens is 350 g/mol. The van der Waals surface area contributed by atoms with Crippen LogP contribution in [0.15, 0.2) is 4.79 Å². The van der Waals surface area contributed by atoms with E-state index in [1.54, 1.807) is 11.5 Å². The average molecular weight is 370 g/mol. The molecule has 0 spiro atoms. The van der Waals surface area contributed by atoms with Crippen LogP contribution in [0.25, 0.3) is 10.2 Å². The van der Waals surface area contributed by atoms with E-state index in [9.17, 15) is 18.4 Å². The maximum absolute atomic E-state index is 13.2. The summed E-state index contributed by atoms with van der Waals surface area (Å²) in [5, 5.41) is 2.60. The lowest BCUT2D eigenvalue weighted by Gasteiger charge is -2.14. The number of carbonyl (C=O) groups excluding carboxylic acids is 1. The van der Waals surface area contributed by atoms with Crippen molar-refractivity contribution in [3.8, 4) is 0 Å². The Labute approximate surface area is 147 Å². The first-order valence-corrected chi connectivity index (χ1v) is 9.04. The van der Waals surface area contributed by atoms with Crippen LogP contribution in [-0.2, 0) is 13.0 Å². The molecule has 6 nitrogen and oxygen atoms in total. The minimum absolute atomic E-state index is 0.151. The molecule has 3 rings (SSSR count). The maximum atomic E-state index is 13.2. The highest BCUT2D eigenvalue weighted by molar-refractivity contribution is 7.20. The fraction of sp³-hybridized carbons (Fsp3) is 0.562. The van der Waals surface area contributed by atoms with Crippen LogP contribution in [0.2, 0.25) is 0 Å². The molecule has 0 fully saturated rings. The summed E-state index contributed by atoms with van der Waals surface area (Å²) in [4.78, 5) is 30.4. The molecule has 2 aromatic heterocycles. The molecule has 0 aliphatic carbocycles. The third-order valence-corrected chi connectivity index (χ3v) is 5.61. The summed E-state index contributed by atoms with van der Waals surface area (Å²) in [5.74, 6) is -3.05. The Balaban J connectivity index is 1.99. The summed E-state index contributed by atoms with van der Waals surface area (Å²) >= 11 is 1.07. The predicted octanol–water partition coefficient (Wildman–Crippen LogP) is 1.82. The van der Waals surface area contributed by atoms with E-state index in [4.69, 9.17) is 5.73 Å². The quantitative estimate of drug-likeness (QED) is 0.859. The Bertz CT molecular complexity index is 875. The highest BCUT2D eigenvalue weighted by Gasteiger charge is 2.29. The third-order valence-electron chi connectivity index (χ3n) is 4.42. The zero-order valence-corrected chi connectivity index (χ0v) is 14.7. The van der Waals surface area contributed by atoms with Crippen molar-refractivity contribution in [2.45, 2.75) is 45.1 Å². The summed E-state index contributed by atoms with van der Waals surface area (Å²) in [7, 11) is 0. The van der Waals surface area contributed by atoms with Crippen molar-refractivity contribution >= 4 is 27.5 Å². The van der Waals surface area contributed by atoms with E-state index in [1.165, 1.54) is 0 Å². The number of carbonyl (C=O) groups is 1. The first-order chi connectivity index (χ1) is 11.8. The van der Waals surface area contributed by atoms with Gasteiger partial charge in [-0.2, -0.15) is 0 Å². The van der Waals surface area contributed by atoms with Gasteiger partial charge in [0, 0.05) is 13.0 Å². The van der Waals surface area contributed by atoms with Crippen molar-refractivity contribution in [3.05, 3.63) is 26.6 Å². The molecule has 0 aromatic carbocycles. The van der Waals surface area contributed by atoms with E-state index in [0.29, 0.717) is 22.3 Å². The van der Waals surface area contributed by atoms with Crippen LogP contribution in [0.4, 0.5) is 8.78 Å². The second-order valence-corrected chi connectivity index (χ2v) is 7.27. The van der Waals surface area contributed by atoms with Crippen LogP contribution >= 0.6 is 11.3 Å². The van der Waals surface area contributed by atoms with Gasteiger partial charge in [-0.15, -0.1) is 11.3 Å². The van der Waals surface area contributed by atoms with Crippen LogP contribution < -0.4 is 16.6 Å². The molecule has 9 heteroatoms. The lowest BCUT2D eigenvalue weighted by atomic mass is 10.2. The standard InChI is InChI=1S/C16H20F2N4O2S/c1-9-11-14(21-10-5-3-2-4-6-22(10)15(11)24)25-12(9)13(23)20-8-16(17,18)7-19/h2-8,19H2,1H3,(H,20,23). The van der Waals surface area contributed by atoms with Gasteiger partial charge in [-0.25, -0.2) is 13.8 Å². The van der Waals surface area contributed by atoms with E-state index in [1.807, 2.05) is 0 Å². The van der Waals surface area contributed by atoms with Crippen LogP contribution in [0.1, 0.15) is 40.3 Å². The molecule has 0 saturated heterocycles. The Kier molecular flexibility index (Phi) is 4.88. The molecule has 3 N–H and O–H groups in total. The molecule has 0 radical (unpaired) electrons. The van der Waals surface area contributed by atoms with E-state index in [2.05, 4.69) is 10.3 Å². The number of aryl methyl sites for hydroxylation is 2. The molecule has 0 saturated carbocycles. The number of amides is 1. The number of hydrogen-bond acceptors (Lipinski definition) is 5. The van der Waals surface area contributed by atoms with Crippen molar-refractivity contribution in [2.75, 3.05) is 13.1 Å². The maximum Gasteiger partial charge on any atom is 0.277 e. The SMILES string of the molecule is Cc1c(C(=O)NCC(F)(F)CN)sc2nc3n(c(=O)c12)CCCCC3. The molecule has 1 aliphatic heterocycles. The minimum atomic E-state index is -3.16. The monoisotopic (exact) mass is 370 g/mol. The fourth-order valence-electron chi connectivity index (χ4n) is 2.99. The van der Waals surface area contributed by atoms with Gasteiger partial charge in [0.2, 0.25) is 0 Å². The van der Waals surface area contributed by atoms with Crippen molar-refractivity contribution in [3.63, 3.8) is 0 Å². The van der Waals surface area contributed by atoms with E-state index >= 15 is 0 Å². The Morgan fingerprint density at radius 1 is 1.40 bits per heavy atom. The normalized spacial score (nSPS) is 15.0. The molecule has 136 valence electrons. The number of aromatic nitrogens is 2. The summed E-state index contributed by atoms with van der Waals surface area (Å²) < 4.78 is 28.2. The highest BCUT2D eigenvalue weighted by atomic mass is 32.1. The molecule has 1 amide bonds. The van der Waals surface area contributed by atoms with Crippen LogP contribution in [0.3, 0.4) is 0 Å². The van der Waals surface area contributed by atoms with Crippen LogP contribution in [0, 0.1) is 6.92 Å². The molecule has 2 aromatic rings. The number of rotatable bonds is 4. The molecule has 0 atom stereocenters. The van der Waals surface area contributed by atoms with E-state index in [-0.39, 0.29) is 10.4 Å². The molecule has 0 bridgehead atoms. The first-order valence-electron chi connectivity index (χ1n) is 8.23. The van der Waals surface area contributed by atoms with Gasteiger partial charge in [0.05, 0.1) is 23.4 Å². The number of thiophene rings is 1. The molecular formula is C16H20F2N4O2S. The van der Waals surface area contributed by atoms with Gasteiger partial charge in [0.25, 0.3) is 17.4 Å². The Morgan fingerprint density at radius 3 is 2.88 bits per heavy atom. The van der Waals surface area contributed by atoms with Crippen molar-refractivity contribution in [1.82, 2.24) is 14.9 Å². The number of nitrogens with one attached hydrogen (secondary N) is 1. The zero-order chi connectivity index (χ0) is 18.2. The van der Waals surface area contributed by atoms with E-state index in [0.717, 1.165) is 42.8 Å². The fourth-order valence-corrected chi connectivity index (χ4v) is 4.10. The number of nitrogens with zero attached hydrogens (tertiary/aromatic N) is 2. The van der Waals surface area contributed by atoms with Gasteiger partial charge in [-0.1, -0.05) is 6.42 Å². The summed E-state index contributed by atoms with van der Waals surface area (Å²) in [6, 6.07) is 0. The minimum Gasteiger partial charge on any atom is -0.345 e. The van der Waals surface area contributed by atoms with Gasteiger partial charge >= 0.3 is 0 Å². The predicted molar refractivity (Wildman–Crippen MR) is 92.5 cm³/mol. The second kappa shape index (κ2) is 6.80. The Morgan fingerprint density at radius 2 is 2.16 bits per heavy atom. The number of halogens is 2. The van der Waals surface area contributed by atoms with Gasteiger partial charge in [0.1, 0.15) is 10.7 Å². The van der Waals surface area contributed by atoms with Crippen molar-refractivity contribution in [2.24, 2.45) is 5.73 Å². The molecule has 25 heavy (non-hydrogen) atoms. The number of hydrogen-bond donors (Lipinski definition) is 2. The largest absolute Gasteiger partial charge is 0.345 e. The number of nitrogens with two attached hydrogens (primary N) is 1. The lowest BCUT2D eigenvalue weighted by Crippen LogP contribution is -2.41. The number of fused-ring (bicyclic) bond motifs is 2. The second-order valence-electron chi connectivity index (χ2n) is 6.27.